The molecular weight excluding hydrogens is 196 g/mol. The van der Waals surface area contributed by atoms with Crippen molar-refractivity contribution in [3.8, 4) is 0 Å². The van der Waals surface area contributed by atoms with Gasteiger partial charge in [0.05, 0.1) is 0 Å². The van der Waals surface area contributed by atoms with E-state index in [1.54, 1.807) is 0 Å². The Balaban J connectivity index is 2.93. The van der Waals surface area contributed by atoms with E-state index in [-0.39, 0.29) is 0 Å². The van der Waals surface area contributed by atoms with Crippen LogP contribution in [0.4, 0.5) is 0 Å². The third-order valence-electron chi connectivity index (χ3n) is 2.79. The highest BCUT2D eigenvalue weighted by Gasteiger charge is 1.95. The lowest BCUT2D eigenvalue weighted by molar-refractivity contribution is 0.460. The smallest absolute Gasteiger partial charge is 0.00997 e. The lowest BCUT2D eigenvalue weighted by Crippen LogP contribution is -2.33. The largest absolute Gasteiger partial charge is 0.258 e. The molecule has 0 aromatic carbocycles. The van der Waals surface area contributed by atoms with Crippen LogP contribution < -0.4 is 10.9 Å². The first kappa shape index (κ1) is 15.9. The Morgan fingerprint density at radius 2 is 1.00 bits per heavy atom. The average Bonchev–Trinajstić information content (AvgIpc) is 2.20. The number of hydrogen-bond acceptors (Lipinski definition) is 2. The summed E-state index contributed by atoms with van der Waals surface area (Å²) in [4.78, 5) is 0. The van der Waals surface area contributed by atoms with Crippen molar-refractivity contribution < 1.29 is 0 Å². The summed E-state index contributed by atoms with van der Waals surface area (Å²) in [7, 11) is 0. The predicted molar refractivity (Wildman–Crippen MR) is 73.4 cm³/mol. The van der Waals surface area contributed by atoms with E-state index in [2.05, 4.69) is 38.5 Å². The van der Waals surface area contributed by atoms with Gasteiger partial charge in [-0.3, -0.25) is 10.9 Å². The lowest BCUT2D eigenvalue weighted by Gasteiger charge is -2.08. The molecule has 0 atom stereocenters. The highest BCUT2D eigenvalue weighted by Crippen LogP contribution is 2.05. The molecule has 0 heterocycles. The molecule has 0 aromatic rings. The van der Waals surface area contributed by atoms with Crippen molar-refractivity contribution in [2.75, 3.05) is 13.1 Å². The van der Waals surface area contributed by atoms with E-state index in [1.165, 1.54) is 38.5 Å². The third-order valence-corrected chi connectivity index (χ3v) is 2.79. The van der Waals surface area contributed by atoms with Crippen molar-refractivity contribution >= 4 is 0 Å². The second-order valence-electron chi connectivity index (χ2n) is 5.63. The standard InChI is InChI=1S/C14H32N2/c1-13(2)9-5-7-11-15-16-12-8-6-10-14(3)4/h13-16H,5-12H2,1-4H3. The van der Waals surface area contributed by atoms with Crippen LogP contribution >= 0.6 is 0 Å². The maximum absolute atomic E-state index is 3.30. The van der Waals surface area contributed by atoms with Crippen molar-refractivity contribution in [1.82, 2.24) is 10.9 Å². The SMILES string of the molecule is CC(C)CCCCNNCCCCC(C)C. The number of hydrogen-bond donors (Lipinski definition) is 2. The van der Waals surface area contributed by atoms with Gasteiger partial charge >= 0.3 is 0 Å². The van der Waals surface area contributed by atoms with Gasteiger partial charge in [-0.1, -0.05) is 53.4 Å². The van der Waals surface area contributed by atoms with E-state index < -0.39 is 0 Å². The molecule has 0 aliphatic carbocycles. The van der Waals surface area contributed by atoms with Crippen molar-refractivity contribution in [2.24, 2.45) is 11.8 Å². The van der Waals surface area contributed by atoms with Gasteiger partial charge in [0.25, 0.3) is 0 Å². The van der Waals surface area contributed by atoms with E-state index >= 15 is 0 Å². The number of rotatable bonds is 11. The van der Waals surface area contributed by atoms with Gasteiger partial charge in [-0.05, 0) is 24.7 Å². The molecule has 0 aliphatic heterocycles. The molecule has 0 fully saturated rings. The molecule has 2 nitrogen and oxygen atoms in total. The summed E-state index contributed by atoms with van der Waals surface area (Å²) in [5, 5.41) is 0. The van der Waals surface area contributed by atoms with Crippen LogP contribution in [0, 0.1) is 11.8 Å². The Labute approximate surface area is 103 Å². The van der Waals surface area contributed by atoms with Gasteiger partial charge in [-0.2, -0.15) is 0 Å². The highest BCUT2D eigenvalue weighted by atomic mass is 15.3. The molecular formula is C14H32N2. The fourth-order valence-electron chi connectivity index (χ4n) is 1.71. The molecule has 2 N–H and O–H groups in total. The predicted octanol–water partition coefficient (Wildman–Crippen LogP) is 3.73. The number of unbranched alkanes of at least 4 members (excludes halogenated alkanes) is 2. The van der Waals surface area contributed by atoms with Crippen molar-refractivity contribution in [3.63, 3.8) is 0 Å². The first-order valence-electron chi connectivity index (χ1n) is 7.08. The van der Waals surface area contributed by atoms with Crippen LogP contribution in [0.15, 0.2) is 0 Å². The van der Waals surface area contributed by atoms with Crippen molar-refractivity contribution in [2.45, 2.75) is 66.2 Å². The Morgan fingerprint density at radius 3 is 1.31 bits per heavy atom. The van der Waals surface area contributed by atoms with E-state index in [9.17, 15) is 0 Å². The molecule has 0 spiro atoms. The van der Waals surface area contributed by atoms with Gasteiger partial charge in [-0.25, -0.2) is 0 Å². The van der Waals surface area contributed by atoms with E-state index in [4.69, 9.17) is 0 Å². The van der Waals surface area contributed by atoms with E-state index in [0.29, 0.717) is 0 Å². The third kappa shape index (κ3) is 13.9. The summed E-state index contributed by atoms with van der Waals surface area (Å²) in [5.74, 6) is 1.70. The van der Waals surface area contributed by atoms with Gasteiger partial charge in [0.1, 0.15) is 0 Å². The van der Waals surface area contributed by atoms with Gasteiger partial charge in [-0.15, -0.1) is 0 Å². The number of nitrogens with one attached hydrogen (secondary N) is 2. The van der Waals surface area contributed by atoms with Crippen LogP contribution in [0.5, 0.6) is 0 Å². The minimum atomic E-state index is 0.851. The Hall–Kier alpha value is -0.0800. The maximum Gasteiger partial charge on any atom is 0.00997 e. The van der Waals surface area contributed by atoms with Crippen LogP contribution in [0.25, 0.3) is 0 Å². The second kappa shape index (κ2) is 11.4. The minimum Gasteiger partial charge on any atom is -0.258 e. The first-order valence-corrected chi connectivity index (χ1v) is 7.08. The fraction of sp³-hybridized carbons (Fsp3) is 1.00. The molecule has 0 bridgehead atoms. The van der Waals surface area contributed by atoms with Crippen LogP contribution in [-0.2, 0) is 0 Å². The van der Waals surface area contributed by atoms with Crippen LogP contribution in [-0.4, -0.2) is 13.1 Å². The van der Waals surface area contributed by atoms with Gasteiger partial charge in [0.2, 0.25) is 0 Å². The average molecular weight is 228 g/mol. The van der Waals surface area contributed by atoms with Gasteiger partial charge in [0, 0.05) is 13.1 Å². The quantitative estimate of drug-likeness (QED) is 0.416. The number of hydrazine groups is 1. The summed E-state index contributed by atoms with van der Waals surface area (Å²) < 4.78 is 0. The Morgan fingerprint density at radius 1 is 0.625 bits per heavy atom. The van der Waals surface area contributed by atoms with Gasteiger partial charge < -0.3 is 0 Å². The zero-order valence-electron chi connectivity index (χ0n) is 11.8. The zero-order chi connectivity index (χ0) is 12.2. The fourth-order valence-corrected chi connectivity index (χ4v) is 1.71. The van der Waals surface area contributed by atoms with Crippen molar-refractivity contribution in [3.05, 3.63) is 0 Å². The minimum absolute atomic E-state index is 0.851. The molecule has 0 unspecified atom stereocenters. The molecule has 0 amide bonds. The van der Waals surface area contributed by atoms with Crippen molar-refractivity contribution in [1.29, 1.82) is 0 Å². The second-order valence-corrected chi connectivity index (χ2v) is 5.63. The van der Waals surface area contributed by atoms with E-state index in [1.807, 2.05) is 0 Å². The molecule has 0 aromatic heterocycles. The normalized spacial score (nSPS) is 11.6. The molecule has 0 rings (SSSR count). The Bertz CT molecular complexity index is 117. The molecule has 16 heavy (non-hydrogen) atoms. The monoisotopic (exact) mass is 228 g/mol. The Kier molecular flexibility index (Phi) is 11.3. The molecule has 0 saturated heterocycles. The summed E-state index contributed by atoms with van der Waals surface area (Å²) in [6.07, 6.45) is 7.99. The summed E-state index contributed by atoms with van der Waals surface area (Å²) in [5.41, 5.74) is 6.59. The summed E-state index contributed by atoms with van der Waals surface area (Å²) in [6, 6.07) is 0. The zero-order valence-corrected chi connectivity index (χ0v) is 11.8. The topological polar surface area (TPSA) is 24.1 Å². The van der Waals surface area contributed by atoms with Crippen LogP contribution in [0.2, 0.25) is 0 Å². The molecule has 0 saturated carbocycles. The maximum atomic E-state index is 3.30. The molecule has 0 radical (unpaired) electrons. The van der Waals surface area contributed by atoms with E-state index in [0.717, 1.165) is 24.9 Å². The van der Waals surface area contributed by atoms with Crippen LogP contribution in [0.3, 0.4) is 0 Å². The highest BCUT2D eigenvalue weighted by molar-refractivity contribution is 4.50. The van der Waals surface area contributed by atoms with Gasteiger partial charge in [0.15, 0.2) is 0 Å². The molecule has 0 aliphatic rings. The van der Waals surface area contributed by atoms with Crippen LogP contribution in [0.1, 0.15) is 66.2 Å². The first-order chi connectivity index (χ1) is 7.63. The molecule has 98 valence electrons. The summed E-state index contributed by atoms with van der Waals surface area (Å²) >= 11 is 0. The molecule has 2 heteroatoms. The lowest BCUT2D eigenvalue weighted by atomic mass is 10.1. The summed E-state index contributed by atoms with van der Waals surface area (Å²) in [6.45, 7) is 11.4.